The first-order valence-corrected chi connectivity index (χ1v) is 10.2. The maximum Gasteiger partial charge on any atom is 0.417 e. The van der Waals surface area contributed by atoms with E-state index in [0.717, 1.165) is 37.6 Å². The Morgan fingerprint density at radius 1 is 1.17 bits per heavy atom. The van der Waals surface area contributed by atoms with Crippen LogP contribution in [0.5, 0.6) is 0 Å². The van der Waals surface area contributed by atoms with Crippen molar-refractivity contribution >= 4 is 17.5 Å². The van der Waals surface area contributed by atoms with E-state index in [0.29, 0.717) is 12.5 Å². The fourth-order valence-corrected chi connectivity index (χ4v) is 4.63. The molecule has 1 aromatic carbocycles. The zero-order valence-electron chi connectivity index (χ0n) is 16.0. The number of amides is 1. The molecule has 2 aliphatic rings. The summed E-state index contributed by atoms with van der Waals surface area (Å²) in [6.45, 7) is 2.40. The number of alkyl halides is 3. The summed E-state index contributed by atoms with van der Waals surface area (Å²) in [5, 5.41) is 8.06. The summed E-state index contributed by atoms with van der Waals surface area (Å²) in [4.78, 5) is 14.6. The van der Waals surface area contributed by atoms with Gasteiger partial charge in [0.25, 0.3) is 5.91 Å². The molecule has 0 spiro atoms. The van der Waals surface area contributed by atoms with Gasteiger partial charge in [0.15, 0.2) is 0 Å². The summed E-state index contributed by atoms with van der Waals surface area (Å²) >= 11 is 6.02. The van der Waals surface area contributed by atoms with Crippen LogP contribution in [-0.4, -0.2) is 31.6 Å². The number of benzene rings is 1. The highest BCUT2D eigenvalue weighted by atomic mass is 35.5. The van der Waals surface area contributed by atoms with Gasteiger partial charge in [-0.15, -0.1) is 10.2 Å². The van der Waals surface area contributed by atoms with Gasteiger partial charge in [-0.3, -0.25) is 4.79 Å². The Kier molecular flexibility index (Phi) is 5.31. The lowest BCUT2D eigenvalue weighted by atomic mass is 9.88. The zero-order valence-corrected chi connectivity index (χ0v) is 16.8. The summed E-state index contributed by atoms with van der Waals surface area (Å²) in [6, 6.07) is 3.57. The van der Waals surface area contributed by atoms with Crippen LogP contribution in [0.1, 0.15) is 72.5 Å². The number of halogens is 4. The average molecular weight is 427 g/mol. The summed E-state index contributed by atoms with van der Waals surface area (Å²) in [6.07, 6.45) is 1.07. The lowest BCUT2D eigenvalue weighted by Gasteiger charge is -2.35. The van der Waals surface area contributed by atoms with Gasteiger partial charge in [-0.2, -0.15) is 13.2 Å². The van der Waals surface area contributed by atoms with Crippen molar-refractivity contribution in [3.05, 3.63) is 46.0 Å². The van der Waals surface area contributed by atoms with Gasteiger partial charge in [0, 0.05) is 25.0 Å². The molecule has 1 fully saturated rings. The minimum Gasteiger partial charge on any atom is -0.327 e. The van der Waals surface area contributed by atoms with Crippen LogP contribution >= 0.6 is 11.6 Å². The molecule has 4 rings (SSSR count). The number of fused-ring (bicyclic) bond motifs is 1. The average Bonchev–Trinajstić information content (AvgIpc) is 3.10. The van der Waals surface area contributed by atoms with E-state index in [9.17, 15) is 18.0 Å². The highest BCUT2D eigenvalue weighted by Crippen LogP contribution is 2.37. The van der Waals surface area contributed by atoms with Crippen LogP contribution in [0.4, 0.5) is 13.2 Å². The van der Waals surface area contributed by atoms with Crippen LogP contribution in [0.2, 0.25) is 5.02 Å². The molecule has 2 heterocycles. The Balaban J connectivity index is 1.61. The molecule has 5 nitrogen and oxygen atoms in total. The minimum absolute atomic E-state index is 0.00558. The number of aromatic nitrogens is 3. The predicted molar refractivity (Wildman–Crippen MR) is 102 cm³/mol. The van der Waals surface area contributed by atoms with Crippen LogP contribution in [0, 0.1) is 0 Å². The third kappa shape index (κ3) is 3.74. The number of hydrogen-bond donors (Lipinski definition) is 0. The third-order valence-electron chi connectivity index (χ3n) is 5.91. The maximum absolute atomic E-state index is 13.2. The van der Waals surface area contributed by atoms with Gasteiger partial charge in [-0.25, -0.2) is 0 Å². The fourth-order valence-electron chi connectivity index (χ4n) is 4.34. The van der Waals surface area contributed by atoms with Crippen molar-refractivity contribution in [3.63, 3.8) is 0 Å². The molecule has 0 N–H and O–H groups in total. The molecule has 1 aliphatic carbocycles. The quantitative estimate of drug-likeness (QED) is 0.690. The van der Waals surface area contributed by atoms with Crippen molar-refractivity contribution in [2.24, 2.45) is 0 Å². The highest BCUT2D eigenvalue weighted by Gasteiger charge is 2.37. The van der Waals surface area contributed by atoms with E-state index in [1.165, 1.54) is 23.5 Å². The van der Waals surface area contributed by atoms with E-state index >= 15 is 0 Å². The fraction of sp³-hybridized carbons (Fsp3) is 0.550. The summed E-state index contributed by atoms with van der Waals surface area (Å²) < 4.78 is 41.3. The lowest BCUT2D eigenvalue weighted by Crippen LogP contribution is -2.46. The first kappa shape index (κ1) is 20.2. The number of carbonyl (C=O) groups is 1. The topological polar surface area (TPSA) is 51.0 Å². The molecule has 156 valence electrons. The second-order valence-electron chi connectivity index (χ2n) is 7.89. The zero-order chi connectivity index (χ0) is 20.8. The van der Waals surface area contributed by atoms with E-state index in [4.69, 9.17) is 11.6 Å². The molecule has 1 atom stereocenters. The number of nitrogens with zero attached hydrogens (tertiary/aromatic N) is 4. The first-order chi connectivity index (χ1) is 13.8. The molecule has 1 aliphatic heterocycles. The van der Waals surface area contributed by atoms with Crippen molar-refractivity contribution in [3.8, 4) is 0 Å². The first-order valence-electron chi connectivity index (χ1n) is 9.86. The molecule has 9 heteroatoms. The minimum atomic E-state index is -4.54. The van der Waals surface area contributed by atoms with E-state index in [1.54, 1.807) is 0 Å². The van der Waals surface area contributed by atoms with Crippen molar-refractivity contribution in [1.29, 1.82) is 0 Å². The van der Waals surface area contributed by atoms with E-state index < -0.39 is 11.7 Å². The largest absolute Gasteiger partial charge is 0.417 e. The lowest BCUT2D eigenvalue weighted by molar-refractivity contribution is -0.137. The molecular weight excluding hydrogens is 405 g/mol. The Hall–Kier alpha value is -2.09. The molecule has 1 amide bonds. The second kappa shape index (κ2) is 7.63. The van der Waals surface area contributed by atoms with Gasteiger partial charge in [0.05, 0.1) is 10.6 Å². The van der Waals surface area contributed by atoms with Gasteiger partial charge < -0.3 is 9.47 Å². The van der Waals surface area contributed by atoms with Gasteiger partial charge in [0.2, 0.25) is 5.82 Å². The van der Waals surface area contributed by atoms with Crippen molar-refractivity contribution in [2.75, 3.05) is 0 Å². The third-order valence-corrected chi connectivity index (χ3v) is 6.35. The SMILES string of the molecule is CC1Cn2c(nnc2C2CCCCC2)C(=O)N1Cc1cccc(C(F)(F)F)c1Cl. The van der Waals surface area contributed by atoms with E-state index in [2.05, 4.69) is 10.2 Å². The molecule has 0 saturated heterocycles. The summed E-state index contributed by atoms with van der Waals surface area (Å²) in [5.74, 6) is 1.10. The standard InChI is InChI=1S/C20H22ClF3N4O/c1-12-10-28-17(13-6-3-2-4-7-13)25-26-18(28)19(29)27(12)11-14-8-5-9-15(16(14)21)20(22,23)24/h5,8-9,12-13H,2-4,6-7,10-11H2,1H3. The van der Waals surface area contributed by atoms with E-state index in [-0.39, 0.29) is 34.9 Å². The molecule has 1 saturated carbocycles. The van der Waals surface area contributed by atoms with Gasteiger partial charge >= 0.3 is 6.18 Å². The van der Waals surface area contributed by atoms with Crippen LogP contribution < -0.4 is 0 Å². The molecular formula is C20H22ClF3N4O. The Labute approximate surface area is 171 Å². The molecule has 0 bridgehead atoms. The number of hydrogen-bond acceptors (Lipinski definition) is 3. The summed E-state index contributed by atoms with van der Waals surface area (Å²) in [5.41, 5.74) is -0.626. The smallest absolute Gasteiger partial charge is 0.327 e. The van der Waals surface area contributed by atoms with Gasteiger partial charge in [0.1, 0.15) is 5.82 Å². The predicted octanol–water partition coefficient (Wildman–Crippen LogP) is 5.04. The molecule has 29 heavy (non-hydrogen) atoms. The van der Waals surface area contributed by atoms with Crippen LogP contribution in [0.15, 0.2) is 18.2 Å². The van der Waals surface area contributed by atoms with Crippen LogP contribution in [0.25, 0.3) is 0 Å². The highest BCUT2D eigenvalue weighted by molar-refractivity contribution is 6.32. The molecule has 0 radical (unpaired) electrons. The van der Waals surface area contributed by atoms with Crippen molar-refractivity contribution in [2.45, 2.75) is 70.3 Å². The second-order valence-corrected chi connectivity index (χ2v) is 8.26. The van der Waals surface area contributed by atoms with Crippen LogP contribution in [-0.2, 0) is 19.3 Å². The molecule has 1 aromatic heterocycles. The molecule has 2 aromatic rings. The number of rotatable bonds is 3. The Morgan fingerprint density at radius 2 is 1.90 bits per heavy atom. The van der Waals surface area contributed by atoms with Crippen LogP contribution in [0.3, 0.4) is 0 Å². The Bertz CT molecular complexity index is 921. The monoisotopic (exact) mass is 426 g/mol. The van der Waals surface area contributed by atoms with Crippen molar-refractivity contribution in [1.82, 2.24) is 19.7 Å². The van der Waals surface area contributed by atoms with Gasteiger partial charge in [-0.1, -0.05) is 43.0 Å². The van der Waals surface area contributed by atoms with E-state index in [1.807, 2.05) is 11.5 Å². The summed E-state index contributed by atoms with van der Waals surface area (Å²) in [7, 11) is 0. The normalized spacial score (nSPS) is 20.8. The van der Waals surface area contributed by atoms with Gasteiger partial charge in [-0.05, 0) is 31.4 Å². The molecule has 1 unspecified atom stereocenters. The van der Waals surface area contributed by atoms with Crippen molar-refractivity contribution < 1.29 is 18.0 Å². The number of carbonyl (C=O) groups excluding carboxylic acids is 1. The Morgan fingerprint density at radius 3 is 2.59 bits per heavy atom. The maximum atomic E-state index is 13.2.